The predicted octanol–water partition coefficient (Wildman–Crippen LogP) is 3.07. The molecule has 1 heterocycles. The van der Waals surface area contributed by atoms with Crippen molar-refractivity contribution < 1.29 is 28.5 Å². The molecule has 9 heteroatoms. The van der Waals surface area contributed by atoms with Crippen molar-refractivity contribution in [2.24, 2.45) is 11.8 Å². The summed E-state index contributed by atoms with van der Waals surface area (Å²) in [4.78, 5) is 12.9. The fraction of sp³-hybridized carbons (Fsp3) is 0.708. The summed E-state index contributed by atoms with van der Waals surface area (Å²) in [7, 11) is -3.50. The molecule has 0 bridgehead atoms. The van der Waals surface area contributed by atoms with Gasteiger partial charge in [-0.25, -0.2) is 8.42 Å². The van der Waals surface area contributed by atoms with Crippen LogP contribution in [0.25, 0.3) is 0 Å². The summed E-state index contributed by atoms with van der Waals surface area (Å²) in [5, 5.41) is 33.2. The van der Waals surface area contributed by atoms with Crippen molar-refractivity contribution in [1.82, 2.24) is 4.72 Å². The second-order valence-electron chi connectivity index (χ2n) is 8.99. The number of unbranched alkanes of at least 4 members (excludes halogenated alkanes) is 3. The molecular formula is C24H39NO6S2. The lowest BCUT2D eigenvalue weighted by molar-refractivity contribution is -0.119. The predicted molar refractivity (Wildman–Crippen MR) is 131 cm³/mol. The average molecular weight is 502 g/mol. The fourth-order valence-electron chi connectivity index (χ4n) is 4.42. The highest BCUT2D eigenvalue weighted by molar-refractivity contribution is 7.90. The minimum atomic E-state index is -3.50. The number of aliphatic hydroxyl groups excluding tert-OH is 3. The third-order valence-corrected chi connectivity index (χ3v) is 8.67. The summed E-state index contributed by atoms with van der Waals surface area (Å²) in [6, 6.07) is 2.09. The smallest absolute Gasteiger partial charge is 0.234 e. The molecule has 0 aromatic carbocycles. The Morgan fingerprint density at radius 2 is 1.97 bits per heavy atom. The molecule has 0 saturated heterocycles. The molecule has 7 nitrogen and oxygen atoms in total. The van der Waals surface area contributed by atoms with Crippen molar-refractivity contribution in [3.63, 3.8) is 0 Å². The van der Waals surface area contributed by atoms with Crippen molar-refractivity contribution in [1.29, 1.82) is 0 Å². The number of aryl methyl sites for hydroxylation is 2. The Labute approximate surface area is 202 Å². The first-order valence-electron chi connectivity index (χ1n) is 11.9. The maximum absolute atomic E-state index is 11.7. The molecular weight excluding hydrogens is 462 g/mol. The Kier molecular flexibility index (Phi) is 11.5. The zero-order chi connectivity index (χ0) is 24.4. The Hall–Kier alpha value is -1.26. The largest absolute Gasteiger partial charge is 0.393 e. The van der Waals surface area contributed by atoms with Crippen LogP contribution in [0.4, 0.5) is 0 Å². The molecule has 1 aromatic rings. The van der Waals surface area contributed by atoms with Gasteiger partial charge in [-0.3, -0.25) is 9.52 Å². The van der Waals surface area contributed by atoms with Crippen LogP contribution in [0.5, 0.6) is 0 Å². The Bertz CT molecular complexity index is 866. The number of carbonyl (C=O) groups is 1. The van der Waals surface area contributed by atoms with Gasteiger partial charge >= 0.3 is 0 Å². The van der Waals surface area contributed by atoms with Crippen molar-refractivity contribution >= 4 is 27.3 Å². The number of sulfonamides is 1. The Morgan fingerprint density at radius 3 is 2.64 bits per heavy atom. The summed E-state index contributed by atoms with van der Waals surface area (Å²) < 4.78 is 24.8. The molecule has 33 heavy (non-hydrogen) atoms. The minimum absolute atomic E-state index is 0.0550. The van der Waals surface area contributed by atoms with E-state index < -0.39 is 34.2 Å². The molecule has 5 atom stereocenters. The molecule has 0 spiro atoms. The number of aliphatic hydroxyl groups is 3. The van der Waals surface area contributed by atoms with Gasteiger partial charge in [-0.2, -0.15) is 0 Å². The van der Waals surface area contributed by atoms with Crippen LogP contribution in [0.2, 0.25) is 0 Å². The van der Waals surface area contributed by atoms with Gasteiger partial charge in [0, 0.05) is 23.6 Å². The van der Waals surface area contributed by atoms with E-state index in [9.17, 15) is 28.5 Å². The molecule has 1 aliphatic rings. The average Bonchev–Trinajstić information content (AvgIpc) is 3.28. The fourth-order valence-corrected chi connectivity index (χ4v) is 5.77. The summed E-state index contributed by atoms with van der Waals surface area (Å²) in [6.07, 6.45) is 7.70. The van der Waals surface area contributed by atoms with Gasteiger partial charge in [-0.15, -0.1) is 11.3 Å². The van der Waals surface area contributed by atoms with Crippen molar-refractivity contribution in [3.8, 4) is 0 Å². The first kappa shape index (κ1) is 28.0. The van der Waals surface area contributed by atoms with E-state index in [2.05, 4.69) is 18.4 Å². The molecule has 1 aliphatic carbocycles. The molecule has 0 unspecified atom stereocenters. The topological polar surface area (TPSA) is 124 Å². The number of nitrogens with one attached hydrogen (secondary N) is 1. The zero-order valence-corrected chi connectivity index (χ0v) is 21.3. The standard InChI is InChI=1S/C24H39NO6S2/c1-3-33(30,31)25-24(29)9-7-5-4-6-8-20-21(23(28)16-22(20)27)13-12-19(26)11-10-18-14-15-32-17(18)2/h12-15,19-23,26-28H,3-11,16H2,1-2H3,(H,25,29)/b13-12+/t19-,20+,21+,22-,23+/m0/s1. The van der Waals surface area contributed by atoms with Crippen LogP contribution in [0.3, 0.4) is 0 Å². The van der Waals surface area contributed by atoms with E-state index in [4.69, 9.17) is 0 Å². The highest BCUT2D eigenvalue weighted by atomic mass is 32.2. The zero-order valence-electron chi connectivity index (χ0n) is 19.7. The molecule has 188 valence electrons. The van der Waals surface area contributed by atoms with Gasteiger partial charge in [0.15, 0.2) is 0 Å². The van der Waals surface area contributed by atoms with Crippen molar-refractivity contribution in [2.75, 3.05) is 5.75 Å². The molecule has 2 rings (SSSR count). The van der Waals surface area contributed by atoms with Gasteiger partial charge in [-0.1, -0.05) is 31.4 Å². The van der Waals surface area contributed by atoms with E-state index in [0.29, 0.717) is 19.3 Å². The second-order valence-corrected chi connectivity index (χ2v) is 12.1. The van der Waals surface area contributed by atoms with E-state index in [0.717, 1.165) is 32.1 Å². The molecule has 1 amide bonds. The highest BCUT2D eigenvalue weighted by Crippen LogP contribution is 2.37. The van der Waals surface area contributed by atoms with Gasteiger partial charge in [0.1, 0.15) is 0 Å². The normalized spacial score (nSPS) is 24.4. The number of carbonyl (C=O) groups excluding carboxylic acids is 1. The molecule has 0 radical (unpaired) electrons. The van der Waals surface area contributed by atoms with Gasteiger partial charge in [-0.05, 0) is 62.5 Å². The number of thiophene rings is 1. The van der Waals surface area contributed by atoms with Crippen molar-refractivity contribution in [3.05, 3.63) is 34.0 Å². The Balaban J connectivity index is 1.71. The van der Waals surface area contributed by atoms with E-state index in [-0.39, 0.29) is 24.0 Å². The monoisotopic (exact) mass is 501 g/mol. The number of rotatable bonds is 14. The first-order valence-corrected chi connectivity index (χ1v) is 14.4. The van der Waals surface area contributed by atoms with Crippen LogP contribution in [0.15, 0.2) is 23.6 Å². The van der Waals surface area contributed by atoms with Crippen LogP contribution < -0.4 is 4.72 Å². The first-order chi connectivity index (χ1) is 15.6. The van der Waals surface area contributed by atoms with Gasteiger partial charge < -0.3 is 15.3 Å². The lowest BCUT2D eigenvalue weighted by Crippen LogP contribution is -2.31. The molecule has 1 fully saturated rings. The lowest BCUT2D eigenvalue weighted by atomic mass is 9.87. The maximum Gasteiger partial charge on any atom is 0.234 e. The van der Waals surface area contributed by atoms with Crippen molar-refractivity contribution in [2.45, 2.75) is 89.9 Å². The number of hydrogen-bond donors (Lipinski definition) is 4. The van der Waals surface area contributed by atoms with Crippen LogP contribution >= 0.6 is 11.3 Å². The van der Waals surface area contributed by atoms with Crippen LogP contribution in [0.1, 0.15) is 68.7 Å². The quantitative estimate of drug-likeness (QED) is 0.229. The second kappa shape index (κ2) is 13.6. The van der Waals surface area contributed by atoms with E-state index in [1.165, 1.54) is 17.4 Å². The maximum atomic E-state index is 11.7. The summed E-state index contributed by atoms with van der Waals surface area (Å²) in [5.41, 5.74) is 1.26. The molecule has 0 aliphatic heterocycles. The van der Waals surface area contributed by atoms with E-state index >= 15 is 0 Å². The Morgan fingerprint density at radius 1 is 1.24 bits per heavy atom. The summed E-state index contributed by atoms with van der Waals surface area (Å²) in [6.45, 7) is 3.56. The third kappa shape index (κ3) is 9.48. The van der Waals surface area contributed by atoms with E-state index in [1.807, 2.05) is 10.8 Å². The third-order valence-electron chi connectivity index (χ3n) is 6.49. The number of hydrogen-bond acceptors (Lipinski definition) is 7. The molecule has 1 saturated carbocycles. The van der Waals surface area contributed by atoms with Crippen LogP contribution in [-0.4, -0.2) is 53.7 Å². The van der Waals surface area contributed by atoms with Gasteiger partial charge in [0.05, 0.1) is 24.1 Å². The van der Waals surface area contributed by atoms with Crippen LogP contribution in [0, 0.1) is 18.8 Å². The molecule has 1 aromatic heterocycles. The summed E-state index contributed by atoms with van der Waals surface area (Å²) >= 11 is 1.70. The van der Waals surface area contributed by atoms with Gasteiger partial charge in [0.25, 0.3) is 0 Å². The number of amides is 1. The van der Waals surface area contributed by atoms with E-state index in [1.54, 1.807) is 17.4 Å². The lowest BCUT2D eigenvalue weighted by Gasteiger charge is -2.21. The minimum Gasteiger partial charge on any atom is -0.393 e. The summed E-state index contributed by atoms with van der Waals surface area (Å²) in [5.74, 6) is -0.818. The SMILES string of the molecule is CCS(=O)(=O)NC(=O)CCCCCC[C@@H]1[C@@H](/C=C/[C@@H](O)CCc2ccsc2C)[C@H](O)C[C@@H]1O. The van der Waals surface area contributed by atoms with Gasteiger partial charge in [0.2, 0.25) is 15.9 Å². The highest BCUT2D eigenvalue weighted by Gasteiger charge is 2.39. The van der Waals surface area contributed by atoms with Crippen LogP contribution in [-0.2, 0) is 21.2 Å². The molecule has 4 N–H and O–H groups in total.